The van der Waals surface area contributed by atoms with Crippen molar-refractivity contribution in [3.63, 3.8) is 0 Å². The summed E-state index contributed by atoms with van der Waals surface area (Å²) in [5, 5.41) is 8.88. The number of allylic oxidation sites excluding steroid dienone is 3. The molecule has 0 radical (unpaired) electrons. The summed E-state index contributed by atoms with van der Waals surface area (Å²) in [7, 11) is 1.98. The average Bonchev–Trinajstić information content (AvgIpc) is 2.53. The smallest absolute Gasteiger partial charge is 0.335 e. The Morgan fingerprint density at radius 2 is 2.17 bits per heavy atom. The van der Waals surface area contributed by atoms with Gasteiger partial charge in [0, 0.05) is 7.05 Å². The third-order valence-corrected chi connectivity index (χ3v) is 3.48. The summed E-state index contributed by atoms with van der Waals surface area (Å²) in [6.45, 7) is 6.81. The van der Waals surface area contributed by atoms with Crippen molar-refractivity contribution < 1.29 is 19.4 Å². The van der Waals surface area contributed by atoms with Gasteiger partial charge in [-0.25, -0.2) is 4.79 Å². The van der Waals surface area contributed by atoms with Crippen molar-refractivity contribution in [2.75, 3.05) is 20.2 Å². The maximum atomic E-state index is 10.8. The van der Waals surface area contributed by atoms with Crippen LogP contribution in [-0.4, -0.2) is 42.3 Å². The van der Waals surface area contributed by atoms with Crippen molar-refractivity contribution in [3.8, 4) is 5.75 Å². The molecule has 1 aromatic carbocycles. The number of aromatic carboxylic acids is 1. The van der Waals surface area contributed by atoms with Crippen LogP contribution in [0.5, 0.6) is 5.75 Å². The summed E-state index contributed by atoms with van der Waals surface area (Å²) in [5.41, 5.74) is 1.19. The van der Waals surface area contributed by atoms with Crippen LogP contribution in [0.1, 0.15) is 17.3 Å². The highest BCUT2D eigenvalue weighted by Crippen LogP contribution is 2.22. The molecule has 1 aromatic rings. The molecule has 1 aliphatic heterocycles. The Kier molecular flexibility index (Phi) is 5.46. The van der Waals surface area contributed by atoms with E-state index in [1.807, 2.05) is 26.1 Å². The second kappa shape index (κ2) is 7.54. The van der Waals surface area contributed by atoms with Gasteiger partial charge >= 0.3 is 5.97 Å². The van der Waals surface area contributed by atoms with Gasteiger partial charge in [0.1, 0.15) is 24.2 Å². The van der Waals surface area contributed by atoms with Crippen LogP contribution in [0, 0.1) is 0 Å². The van der Waals surface area contributed by atoms with E-state index in [1.54, 1.807) is 18.2 Å². The number of hydrogen-bond acceptors (Lipinski definition) is 4. The average molecular weight is 315 g/mol. The summed E-state index contributed by atoms with van der Waals surface area (Å²) < 4.78 is 11.7. The highest BCUT2D eigenvalue weighted by Gasteiger charge is 2.23. The van der Waals surface area contributed by atoms with Gasteiger partial charge < -0.3 is 19.5 Å². The lowest BCUT2D eigenvalue weighted by Crippen LogP contribution is -2.39. The van der Waals surface area contributed by atoms with E-state index < -0.39 is 5.97 Å². The summed E-state index contributed by atoms with van der Waals surface area (Å²) in [4.78, 5) is 12.9. The number of carboxylic acids is 1. The molecule has 0 saturated carbocycles. The van der Waals surface area contributed by atoms with Crippen LogP contribution in [0.15, 0.2) is 60.5 Å². The van der Waals surface area contributed by atoms with Crippen LogP contribution in [0.4, 0.5) is 0 Å². The van der Waals surface area contributed by atoms with Crippen LogP contribution in [0.25, 0.3) is 0 Å². The van der Waals surface area contributed by atoms with Crippen molar-refractivity contribution in [1.82, 2.24) is 4.90 Å². The minimum absolute atomic E-state index is 0.117. The number of carboxylic acid groups (broad SMARTS) is 1. The van der Waals surface area contributed by atoms with Crippen molar-refractivity contribution >= 4 is 5.97 Å². The van der Waals surface area contributed by atoms with Gasteiger partial charge in [-0.3, -0.25) is 0 Å². The van der Waals surface area contributed by atoms with Crippen molar-refractivity contribution in [3.05, 3.63) is 66.1 Å². The van der Waals surface area contributed by atoms with E-state index in [2.05, 4.69) is 11.5 Å². The zero-order valence-electron chi connectivity index (χ0n) is 13.4. The zero-order valence-corrected chi connectivity index (χ0v) is 13.4. The summed E-state index contributed by atoms with van der Waals surface area (Å²) in [5.74, 6) is 0.435. The predicted octanol–water partition coefficient (Wildman–Crippen LogP) is 3.07. The van der Waals surface area contributed by atoms with Crippen LogP contribution in [0.3, 0.4) is 0 Å². The van der Waals surface area contributed by atoms with Gasteiger partial charge in [-0.15, -0.1) is 0 Å². The highest BCUT2D eigenvalue weighted by atomic mass is 16.5. The largest absolute Gasteiger partial charge is 0.490 e. The third kappa shape index (κ3) is 4.16. The van der Waals surface area contributed by atoms with E-state index in [9.17, 15) is 4.79 Å². The molecule has 23 heavy (non-hydrogen) atoms. The van der Waals surface area contributed by atoms with Crippen LogP contribution >= 0.6 is 0 Å². The minimum Gasteiger partial charge on any atom is -0.490 e. The summed E-state index contributed by atoms with van der Waals surface area (Å²) >= 11 is 0. The first-order valence-electron chi connectivity index (χ1n) is 7.38. The maximum absolute atomic E-state index is 10.8. The van der Waals surface area contributed by atoms with Crippen LogP contribution in [0.2, 0.25) is 0 Å². The molecule has 0 bridgehead atoms. The number of ether oxygens (including phenoxy) is 2. The van der Waals surface area contributed by atoms with E-state index in [0.717, 1.165) is 11.5 Å². The molecular weight excluding hydrogens is 294 g/mol. The number of carbonyl (C=O) groups is 1. The Morgan fingerprint density at radius 3 is 2.74 bits per heavy atom. The fourth-order valence-electron chi connectivity index (χ4n) is 2.37. The van der Waals surface area contributed by atoms with Gasteiger partial charge in [-0.2, -0.15) is 0 Å². The summed E-state index contributed by atoms with van der Waals surface area (Å²) in [6.07, 6.45) is 5.48. The zero-order chi connectivity index (χ0) is 16.8. The lowest BCUT2D eigenvalue weighted by Gasteiger charge is -2.34. The van der Waals surface area contributed by atoms with Gasteiger partial charge in [0.25, 0.3) is 0 Å². The van der Waals surface area contributed by atoms with E-state index in [4.69, 9.17) is 14.6 Å². The van der Waals surface area contributed by atoms with Crippen molar-refractivity contribution in [2.45, 2.75) is 13.0 Å². The molecule has 5 nitrogen and oxygen atoms in total. The van der Waals surface area contributed by atoms with Gasteiger partial charge in [-0.05, 0) is 43.3 Å². The SMILES string of the molecule is C=CC1=C(/C=C\C)O[C@H](COc2ccc(C(=O)O)cc2)CN1C. The number of rotatable bonds is 6. The standard InChI is InChI=1S/C18H21NO4/c1-4-6-17-16(5-2)19(3)11-15(23-17)12-22-14-9-7-13(8-10-14)18(20)21/h4-10,15H,2,11-12H2,1,3H3,(H,20,21)/b6-4-/t15-/m0/s1. The molecule has 0 fully saturated rings. The Labute approximate surface area is 136 Å². The summed E-state index contributed by atoms with van der Waals surface area (Å²) in [6, 6.07) is 6.33. The molecule has 122 valence electrons. The molecule has 0 saturated heterocycles. The first-order chi connectivity index (χ1) is 11.0. The van der Waals surface area contributed by atoms with E-state index in [0.29, 0.717) is 18.9 Å². The molecule has 1 atom stereocenters. The monoisotopic (exact) mass is 315 g/mol. The molecular formula is C18H21NO4. The molecule has 0 spiro atoms. The van der Waals surface area contributed by atoms with Crippen LogP contribution in [-0.2, 0) is 4.74 Å². The molecule has 0 aromatic heterocycles. The van der Waals surface area contributed by atoms with E-state index in [-0.39, 0.29) is 11.7 Å². The fourth-order valence-corrected chi connectivity index (χ4v) is 2.37. The highest BCUT2D eigenvalue weighted by molar-refractivity contribution is 5.87. The number of nitrogens with zero attached hydrogens (tertiary/aromatic N) is 1. The Hall–Kier alpha value is -2.69. The first kappa shape index (κ1) is 16.7. The predicted molar refractivity (Wildman–Crippen MR) is 88.4 cm³/mol. The second-order valence-corrected chi connectivity index (χ2v) is 5.21. The molecule has 1 aliphatic rings. The molecule has 1 N–H and O–H groups in total. The molecule has 0 unspecified atom stereocenters. The molecule has 0 aliphatic carbocycles. The molecule has 1 heterocycles. The normalized spacial score (nSPS) is 18.0. The molecule has 5 heteroatoms. The Balaban J connectivity index is 2.00. The maximum Gasteiger partial charge on any atom is 0.335 e. The fraction of sp³-hybridized carbons (Fsp3) is 0.278. The molecule has 2 rings (SSSR count). The van der Waals surface area contributed by atoms with Gasteiger partial charge in [0.05, 0.1) is 17.8 Å². The Bertz CT molecular complexity index is 631. The molecule has 0 amide bonds. The minimum atomic E-state index is -0.952. The Morgan fingerprint density at radius 1 is 1.48 bits per heavy atom. The van der Waals surface area contributed by atoms with E-state index in [1.165, 1.54) is 12.1 Å². The van der Waals surface area contributed by atoms with Gasteiger partial charge in [0.15, 0.2) is 0 Å². The topological polar surface area (TPSA) is 59.0 Å². The van der Waals surface area contributed by atoms with Crippen molar-refractivity contribution in [1.29, 1.82) is 0 Å². The number of hydrogen-bond donors (Lipinski definition) is 1. The van der Waals surface area contributed by atoms with Gasteiger partial charge in [-0.1, -0.05) is 12.7 Å². The third-order valence-electron chi connectivity index (χ3n) is 3.48. The number of likely N-dealkylation sites (N-methyl/N-ethyl adjacent to an activating group) is 1. The second-order valence-electron chi connectivity index (χ2n) is 5.21. The van der Waals surface area contributed by atoms with Crippen molar-refractivity contribution in [2.24, 2.45) is 0 Å². The number of benzene rings is 1. The lowest BCUT2D eigenvalue weighted by molar-refractivity contribution is 0.0333. The van der Waals surface area contributed by atoms with Gasteiger partial charge in [0.2, 0.25) is 0 Å². The van der Waals surface area contributed by atoms with E-state index >= 15 is 0 Å². The van der Waals surface area contributed by atoms with Crippen LogP contribution < -0.4 is 4.74 Å². The lowest BCUT2D eigenvalue weighted by atomic mass is 10.2. The first-order valence-corrected chi connectivity index (χ1v) is 7.38. The quantitative estimate of drug-likeness (QED) is 0.874.